The number of carbonyl (C=O) groups excluding carboxylic acids is 10. The van der Waals surface area contributed by atoms with E-state index in [4.69, 9.17) is 39.9 Å². The Kier molecular flexibility index (Phi) is 32.9. The van der Waals surface area contributed by atoms with Crippen molar-refractivity contribution in [1.82, 2.24) is 31.2 Å². The van der Waals surface area contributed by atoms with E-state index in [-0.39, 0.29) is 104 Å². The largest absolute Gasteiger partial charge is 0.519 e. The number of aliphatic hydroxyl groups is 1. The molecule has 0 aliphatic carbocycles. The van der Waals surface area contributed by atoms with Gasteiger partial charge < -0.3 is 86.9 Å². The highest BCUT2D eigenvalue weighted by molar-refractivity contribution is 5.99. The lowest BCUT2D eigenvalue weighted by Crippen LogP contribution is -2.45. The van der Waals surface area contributed by atoms with Gasteiger partial charge in [-0.3, -0.25) is 49.5 Å². The average molecular weight is 1600 g/mol. The Balaban J connectivity index is 0.000000260. The molecule has 612 valence electrons. The Morgan fingerprint density at radius 1 is 0.466 bits per heavy atom. The van der Waals surface area contributed by atoms with E-state index >= 15 is 0 Å². The molecule has 13 N–H and O–H groups in total. The van der Waals surface area contributed by atoms with Crippen LogP contribution in [0.15, 0.2) is 182 Å². The topological polar surface area (TPSA) is 532 Å². The van der Waals surface area contributed by atoms with Gasteiger partial charge in [-0.2, -0.15) is 0 Å². The standard InChI is InChI=1S/C37H42N6O10.C30H39N5O6.C13H8N2O7/c1-37(2,3)53-35(47)42-31(19-25-21-40-30-9-5-4-8-29(25)30)32(44)20-24(7-6-18-39-34(38)46)33(45)41-26-12-10-23(11-13-26)22-51-36(48)52-28-16-14-27(15-17-28)43(49)50;1-30(2,3)41-29(40)35-25(15-21-17-33-24-9-5-4-8-23(21)24)26(37)16-20(7-6-14-32-28(31)39)27(38)34-22-12-10-19(18-36)11-13-22;16-13(21-11-5-1-9(2-6-11)14(17)18)22-12-7-3-10(4-8-12)15(19)20/h4-5,8-17,21,24,31,40H,6-7,18-20,22H2,1-3H3,(H,41,45)(H,42,47)(H3,38,39,46);4-5,8-13,17,20,25,33,36H,6-7,14-16,18H2,1-3H3,(H,34,38)(H,35,40)(H3,31,32,39);1-8H/t24-,31+;20-,25+;/m11./s1. The van der Waals surface area contributed by atoms with E-state index in [1.54, 1.807) is 102 Å². The smallest absolute Gasteiger partial charge is 0.444 e. The van der Waals surface area contributed by atoms with Gasteiger partial charge in [0, 0.05) is 133 Å². The van der Waals surface area contributed by atoms with Gasteiger partial charge in [-0.1, -0.05) is 60.7 Å². The number of nitrogens with zero attached hydrogens (tertiary/aromatic N) is 3. The summed E-state index contributed by atoms with van der Waals surface area (Å²) in [5.74, 6) is -2.96. The number of nitro benzene ring substituents is 3. The molecule has 9 aromatic rings. The fourth-order valence-corrected chi connectivity index (χ4v) is 11.2. The number of nitrogens with one attached hydrogen (secondary N) is 8. The number of aliphatic hydroxyl groups excluding tert-OH is 1. The number of hydrogen-bond acceptors (Lipinski definition) is 23. The van der Waals surface area contributed by atoms with E-state index < -0.39 is 98.1 Å². The number of amides is 8. The number of fused-ring (bicyclic) bond motifs is 2. The van der Waals surface area contributed by atoms with Gasteiger partial charge >= 0.3 is 36.6 Å². The number of aromatic amines is 2. The second-order valence-corrected chi connectivity index (χ2v) is 28.0. The number of para-hydroxylation sites is 2. The number of ketones is 2. The summed E-state index contributed by atoms with van der Waals surface area (Å²) in [6.45, 7) is 10.5. The molecule has 0 fully saturated rings. The number of H-pyrrole nitrogens is 2. The minimum absolute atomic E-state index is 0.0671. The number of carbonyl (C=O) groups is 10. The van der Waals surface area contributed by atoms with Gasteiger partial charge in [0.25, 0.3) is 17.1 Å². The predicted molar refractivity (Wildman–Crippen MR) is 423 cm³/mol. The summed E-state index contributed by atoms with van der Waals surface area (Å²) in [6.07, 6.45) is 1.21. The first-order valence-electron chi connectivity index (χ1n) is 36.2. The molecule has 0 spiro atoms. The molecule has 0 radical (unpaired) electrons. The van der Waals surface area contributed by atoms with Gasteiger partial charge in [-0.25, -0.2) is 28.8 Å². The second kappa shape index (κ2) is 42.9. The molecular formula is C80H89N13O23. The SMILES string of the molecule is CC(C)(C)OC(=O)N[C@@H](Cc1c[nH]c2ccccc12)C(=O)C[C@@H](CCCNC(N)=O)C(=O)Nc1ccc(CO)cc1.CC(C)(C)OC(=O)N[C@@H](Cc1c[nH]c2ccccc12)C(=O)C[C@@H](CCCNC(N)=O)C(=O)Nc1ccc(COC(=O)Oc2ccc([N+](=O)[O-])cc2)cc1.O=C(Oc1ccc([N+](=O)[O-])cc1)Oc1ccc([N+](=O)[O-])cc1. The van der Waals surface area contributed by atoms with Crippen molar-refractivity contribution < 1.29 is 96.2 Å². The predicted octanol–water partition coefficient (Wildman–Crippen LogP) is 12.7. The normalized spacial score (nSPS) is 12.0. The van der Waals surface area contributed by atoms with Crippen LogP contribution in [0.5, 0.6) is 17.2 Å². The summed E-state index contributed by atoms with van der Waals surface area (Å²) in [6, 6.07) is 39.6. The van der Waals surface area contributed by atoms with Gasteiger partial charge in [0.15, 0.2) is 11.6 Å². The Morgan fingerprint density at radius 2 is 0.810 bits per heavy atom. The lowest BCUT2D eigenvalue weighted by molar-refractivity contribution is -0.385. The van der Waals surface area contributed by atoms with Crippen molar-refractivity contribution in [2.75, 3.05) is 23.7 Å². The van der Waals surface area contributed by atoms with Crippen molar-refractivity contribution in [2.24, 2.45) is 23.3 Å². The number of hydrogen-bond donors (Lipinski definition) is 11. The monoisotopic (exact) mass is 1600 g/mol. The number of ether oxygens (including phenoxy) is 6. The third kappa shape index (κ3) is 30.4. The molecule has 0 unspecified atom stereocenters. The van der Waals surface area contributed by atoms with Gasteiger partial charge in [-0.05, 0) is 162 Å². The number of aromatic nitrogens is 2. The van der Waals surface area contributed by atoms with E-state index in [0.29, 0.717) is 41.8 Å². The number of nitrogens with two attached hydrogens (primary N) is 2. The Hall–Kier alpha value is -14.3. The van der Waals surface area contributed by atoms with E-state index in [0.717, 1.165) is 32.9 Å². The van der Waals surface area contributed by atoms with Crippen LogP contribution in [-0.4, -0.2) is 126 Å². The van der Waals surface area contributed by atoms with Crippen LogP contribution in [0, 0.1) is 42.2 Å². The molecule has 0 aliphatic rings. The zero-order valence-corrected chi connectivity index (χ0v) is 64.0. The molecule has 2 heterocycles. The van der Waals surface area contributed by atoms with Gasteiger partial charge in [0.2, 0.25) is 11.8 Å². The summed E-state index contributed by atoms with van der Waals surface area (Å²) >= 11 is 0. The van der Waals surface area contributed by atoms with Crippen molar-refractivity contribution in [2.45, 2.75) is 129 Å². The van der Waals surface area contributed by atoms with Crippen molar-refractivity contribution in [3.63, 3.8) is 0 Å². The van der Waals surface area contributed by atoms with Crippen LogP contribution in [0.1, 0.15) is 102 Å². The Labute approximate surface area is 663 Å². The van der Waals surface area contributed by atoms with E-state index in [1.165, 1.54) is 72.8 Å². The molecule has 0 saturated carbocycles. The van der Waals surface area contributed by atoms with Gasteiger partial charge in [-0.15, -0.1) is 0 Å². The van der Waals surface area contributed by atoms with Crippen molar-refractivity contribution in [3.8, 4) is 17.2 Å². The zero-order valence-electron chi connectivity index (χ0n) is 64.0. The van der Waals surface area contributed by atoms with Crippen LogP contribution < -0.4 is 57.6 Å². The molecule has 116 heavy (non-hydrogen) atoms. The molecule has 9 rings (SSSR count). The summed E-state index contributed by atoms with van der Waals surface area (Å²) in [5, 5.41) is 58.9. The highest BCUT2D eigenvalue weighted by Crippen LogP contribution is 2.28. The van der Waals surface area contributed by atoms with Crippen molar-refractivity contribution >= 4 is 110 Å². The molecule has 36 nitrogen and oxygen atoms in total. The maximum absolute atomic E-state index is 13.9. The Bertz CT molecular complexity index is 4840. The number of alkyl carbamates (subject to hydrolysis) is 2. The highest BCUT2D eigenvalue weighted by atomic mass is 16.7. The van der Waals surface area contributed by atoms with Crippen LogP contribution >= 0.6 is 0 Å². The first-order chi connectivity index (χ1) is 55.1. The molecular weight excluding hydrogens is 1510 g/mol. The number of anilines is 2. The maximum atomic E-state index is 13.9. The summed E-state index contributed by atoms with van der Waals surface area (Å²) in [4.78, 5) is 162. The number of Topliss-reactive ketones (excluding diaryl/α,β-unsaturated/α-hetero) is 2. The van der Waals surface area contributed by atoms with Crippen LogP contribution in [0.2, 0.25) is 0 Å². The van der Waals surface area contributed by atoms with Crippen LogP contribution in [0.25, 0.3) is 21.8 Å². The number of urea groups is 2. The quantitative estimate of drug-likeness (QED) is 0.00454. The zero-order chi connectivity index (χ0) is 84.7. The van der Waals surface area contributed by atoms with Crippen LogP contribution in [0.4, 0.5) is 57.2 Å². The van der Waals surface area contributed by atoms with Crippen molar-refractivity contribution in [3.05, 3.63) is 235 Å². The number of primary amides is 2. The molecule has 36 heteroatoms. The lowest BCUT2D eigenvalue weighted by Gasteiger charge is -2.24. The Morgan fingerprint density at radius 3 is 1.15 bits per heavy atom. The van der Waals surface area contributed by atoms with E-state index in [1.807, 2.05) is 48.5 Å². The van der Waals surface area contributed by atoms with E-state index in [2.05, 4.69) is 41.9 Å². The number of nitro groups is 3. The third-order valence-electron chi connectivity index (χ3n) is 16.8. The minimum atomic E-state index is -1.07. The summed E-state index contributed by atoms with van der Waals surface area (Å²) in [5.41, 5.74) is 13.9. The average Bonchev–Trinajstić information content (AvgIpc) is 1.72. The lowest BCUT2D eigenvalue weighted by atomic mass is 9.91. The summed E-state index contributed by atoms with van der Waals surface area (Å²) < 4.78 is 30.6. The number of rotatable bonds is 33. The molecule has 8 amide bonds. The minimum Gasteiger partial charge on any atom is -0.444 e. The molecule has 7 aromatic carbocycles. The fraction of sp³-hybridized carbons (Fsp3) is 0.300. The molecule has 2 aromatic heterocycles. The molecule has 4 atom stereocenters. The van der Waals surface area contributed by atoms with Gasteiger partial charge in [0.1, 0.15) is 35.1 Å². The fourth-order valence-electron chi connectivity index (χ4n) is 11.2. The first-order valence-corrected chi connectivity index (χ1v) is 36.2. The summed E-state index contributed by atoms with van der Waals surface area (Å²) in [7, 11) is 0. The molecule has 0 saturated heterocycles. The van der Waals surface area contributed by atoms with Crippen LogP contribution in [-0.2, 0) is 59.4 Å². The van der Waals surface area contributed by atoms with Gasteiger partial charge in [0.05, 0.1) is 33.5 Å². The van der Waals surface area contributed by atoms with E-state index in [9.17, 15) is 83.4 Å². The van der Waals surface area contributed by atoms with Crippen molar-refractivity contribution in [1.29, 1.82) is 0 Å². The second-order valence-electron chi connectivity index (χ2n) is 28.0. The number of benzene rings is 7. The number of non-ortho nitro benzene ring substituents is 3. The third-order valence-corrected chi connectivity index (χ3v) is 16.8. The first kappa shape index (κ1) is 88.9. The highest BCUT2D eigenvalue weighted by Gasteiger charge is 2.33. The van der Waals surface area contributed by atoms with Crippen LogP contribution in [0.3, 0.4) is 0 Å². The maximum Gasteiger partial charge on any atom is 0.519 e. The molecule has 0 bridgehead atoms. The molecule has 0 aliphatic heterocycles.